The summed E-state index contributed by atoms with van der Waals surface area (Å²) in [6.45, 7) is -0.0986. The van der Waals surface area contributed by atoms with Crippen LogP contribution in [0.5, 0.6) is 0 Å². The number of carbonyl (C=O) groups is 1. The Labute approximate surface area is 123 Å². The number of aromatic nitrogens is 1. The Kier molecular flexibility index (Phi) is 6.06. The zero-order chi connectivity index (χ0) is 16.0. The fourth-order valence-corrected chi connectivity index (χ4v) is 2.82. The average Bonchev–Trinajstić information content (AvgIpc) is 2.43. The lowest BCUT2D eigenvalue weighted by molar-refractivity contribution is -0.128. The van der Waals surface area contributed by atoms with Gasteiger partial charge >= 0.3 is 0 Å². The fourth-order valence-electron chi connectivity index (χ4n) is 1.48. The normalized spacial score (nSPS) is 11.6. The number of aromatic amines is 1. The molecule has 0 saturated carbocycles. The zero-order valence-corrected chi connectivity index (χ0v) is 13.0. The molecule has 1 heterocycles. The molecule has 0 unspecified atom stereocenters. The molecule has 21 heavy (non-hydrogen) atoms. The summed E-state index contributed by atoms with van der Waals surface area (Å²) in [5.41, 5.74) is -0.401. The van der Waals surface area contributed by atoms with E-state index in [9.17, 15) is 18.0 Å². The number of methoxy groups -OCH3 is 1. The molecule has 9 heteroatoms. The van der Waals surface area contributed by atoms with Crippen LogP contribution >= 0.6 is 0 Å². The number of nitrogens with zero attached hydrogens (tertiary/aromatic N) is 2. The molecule has 0 bridgehead atoms. The smallest absolute Gasteiger partial charge is 0.247 e. The molecule has 0 fully saturated rings. The van der Waals surface area contributed by atoms with Crippen molar-refractivity contribution in [3.05, 3.63) is 28.7 Å². The number of sulfonamides is 1. The van der Waals surface area contributed by atoms with Crippen LogP contribution in [0, 0.1) is 0 Å². The van der Waals surface area contributed by atoms with Crippen molar-refractivity contribution < 1.29 is 17.9 Å². The number of pyridine rings is 1. The van der Waals surface area contributed by atoms with Crippen molar-refractivity contribution in [3.8, 4) is 0 Å². The van der Waals surface area contributed by atoms with Gasteiger partial charge in [-0.1, -0.05) is 0 Å². The Morgan fingerprint density at radius 1 is 1.33 bits per heavy atom. The van der Waals surface area contributed by atoms with Gasteiger partial charge in [0.05, 0.1) is 18.0 Å². The van der Waals surface area contributed by atoms with Crippen LogP contribution in [0.15, 0.2) is 28.0 Å². The van der Waals surface area contributed by atoms with Crippen molar-refractivity contribution in [2.45, 2.75) is 4.90 Å². The number of rotatable bonds is 7. The van der Waals surface area contributed by atoms with E-state index in [0.29, 0.717) is 0 Å². The van der Waals surface area contributed by atoms with Gasteiger partial charge in [-0.2, -0.15) is 4.31 Å². The molecule has 0 aliphatic rings. The number of ether oxygens (including phenoxy) is 1. The van der Waals surface area contributed by atoms with Gasteiger partial charge in [0, 0.05) is 40.0 Å². The van der Waals surface area contributed by atoms with Gasteiger partial charge in [0.15, 0.2) is 0 Å². The van der Waals surface area contributed by atoms with Crippen molar-refractivity contribution in [2.24, 2.45) is 0 Å². The number of nitrogens with one attached hydrogen (secondary N) is 1. The third kappa shape index (κ3) is 4.66. The molecule has 0 saturated heterocycles. The summed E-state index contributed by atoms with van der Waals surface area (Å²) in [4.78, 5) is 26.3. The first-order chi connectivity index (χ1) is 9.78. The second-order valence-corrected chi connectivity index (χ2v) is 6.45. The number of likely N-dealkylation sites (N-methyl/N-ethyl adjacent to an activating group) is 1. The molecule has 0 atom stereocenters. The molecule has 0 aliphatic carbocycles. The molecular weight excluding hydrogens is 298 g/mol. The highest BCUT2D eigenvalue weighted by Crippen LogP contribution is 2.13. The van der Waals surface area contributed by atoms with Crippen molar-refractivity contribution in [2.75, 3.05) is 40.9 Å². The molecule has 1 aromatic heterocycles. The van der Waals surface area contributed by atoms with E-state index < -0.39 is 15.6 Å². The average molecular weight is 317 g/mol. The maximum atomic E-state index is 12.5. The van der Waals surface area contributed by atoms with Crippen LogP contribution < -0.4 is 5.56 Å². The largest absolute Gasteiger partial charge is 0.383 e. The summed E-state index contributed by atoms with van der Waals surface area (Å²) >= 11 is 0. The van der Waals surface area contributed by atoms with Gasteiger partial charge in [-0.15, -0.1) is 0 Å². The van der Waals surface area contributed by atoms with Crippen LogP contribution in [-0.2, 0) is 19.6 Å². The SMILES string of the molecule is COCCN(CC(=O)N(C)C)S(=O)(=O)c1ccc(=O)[nH]c1. The van der Waals surface area contributed by atoms with Crippen molar-refractivity contribution in [1.82, 2.24) is 14.2 Å². The van der Waals surface area contributed by atoms with Gasteiger partial charge in [0.25, 0.3) is 0 Å². The van der Waals surface area contributed by atoms with Gasteiger partial charge in [0.2, 0.25) is 21.5 Å². The minimum absolute atomic E-state index is 0.0392. The Morgan fingerprint density at radius 2 is 2.00 bits per heavy atom. The van der Waals surface area contributed by atoms with Gasteiger partial charge in [-0.25, -0.2) is 8.42 Å². The molecule has 1 amide bonds. The van der Waals surface area contributed by atoms with E-state index in [4.69, 9.17) is 4.74 Å². The number of amides is 1. The predicted octanol–water partition coefficient (Wildman–Crippen LogP) is -0.900. The summed E-state index contributed by atoms with van der Waals surface area (Å²) in [6.07, 6.45) is 1.11. The lowest BCUT2D eigenvalue weighted by atomic mass is 10.5. The third-order valence-corrected chi connectivity index (χ3v) is 4.59. The Bertz CT molecular complexity index is 618. The van der Waals surface area contributed by atoms with E-state index in [1.807, 2.05) is 0 Å². The number of carbonyl (C=O) groups excluding carboxylic acids is 1. The fraction of sp³-hybridized carbons (Fsp3) is 0.500. The highest BCUT2D eigenvalue weighted by molar-refractivity contribution is 7.89. The quantitative estimate of drug-likeness (QED) is 0.702. The standard InChI is InChI=1S/C12H19N3O5S/c1-14(2)12(17)9-15(6-7-20-3)21(18,19)10-4-5-11(16)13-8-10/h4-5,8H,6-7,9H2,1-3H3,(H,13,16). The first kappa shape index (κ1) is 17.3. The Hall–Kier alpha value is -1.71. The summed E-state index contributed by atoms with van der Waals surface area (Å²) in [5.74, 6) is -0.348. The van der Waals surface area contributed by atoms with Crippen molar-refractivity contribution >= 4 is 15.9 Å². The van der Waals surface area contributed by atoms with Gasteiger partial charge in [-0.05, 0) is 6.07 Å². The van der Waals surface area contributed by atoms with E-state index in [2.05, 4.69) is 4.98 Å². The Balaban J connectivity index is 3.07. The first-order valence-electron chi connectivity index (χ1n) is 6.17. The van der Waals surface area contributed by atoms with E-state index in [1.54, 1.807) is 14.1 Å². The molecular formula is C12H19N3O5S. The molecule has 1 rings (SSSR count). The lowest BCUT2D eigenvalue weighted by Gasteiger charge is -2.22. The van der Waals surface area contributed by atoms with Crippen LogP contribution in [-0.4, -0.2) is 69.4 Å². The van der Waals surface area contributed by atoms with Crippen LogP contribution in [0.1, 0.15) is 0 Å². The maximum Gasteiger partial charge on any atom is 0.247 e. The molecule has 0 radical (unpaired) electrons. The van der Waals surface area contributed by atoms with Crippen LogP contribution in [0.4, 0.5) is 0 Å². The van der Waals surface area contributed by atoms with Gasteiger partial charge < -0.3 is 14.6 Å². The molecule has 118 valence electrons. The van der Waals surface area contributed by atoms with Crippen LogP contribution in [0.3, 0.4) is 0 Å². The second kappa shape index (κ2) is 7.34. The van der Waals surface area contributed by atoms with Crippen molar-refractivity contribution in [1.29, 1.82) is 0 Å². The van der Waals surface area contributed by atoms with Crippen molar-refractivity contribution in [3.63, 3.8) is 0 Å². The zero-order valence-electron chi connectivity index (χ0n) is 12.2. The summed E-state index contributed by atoms with van der Waals surface area (Å²) in [6, 6.07) is 2.32. The summed E-state index contributed by atoms with van der Waals surface area (Å²) in [7, 11) is 0.650. The third-order valence-electron chi connectivity index (χ3n) is 2.75. The van der Waals surface area contributed by atoms with E-state index in [1.165, 1.54) is 18.1 Å². The molecule has 0 aromatic carbocycles. The molecule has 1 aromatic rings. The number of hydrogen-bond acceptors (Lipinski definition) is 5. The summed E-state index contributed by atoms with van der Waals surface area (Å²) in [5, 5.41) is 0. The highest BCUT2D eigenvalue weighted by atomic mass is 32.2. The Morgan fingerprint density at radius 3 is 2.48 bits per heavy atom. The van der Waals surface area contributed by atoms with Gasteiger partial charge in [-0.3, -0.25) is 9.59 Å². The predicted molar refractivity (Wildman–Crippen MR) is 76.4 cm³/mol. The van der Waals surface area contributed by atoms with E-state index in [-0.39, 0.29) is 30.5 Å². The topological polar surface area (TPSA) is 99.8 Å². The van der Waals surface area contributed by atoms with Crippen LogP contribution in [0.2, 0.25) is 0 Å². The number of hydrogen-bond donors (Lipinski definition) is 1. The van der Waals surface area contributed by atoms with E-state index >= 15 is 0 Å². The maximum absolute atomic E-state index is 12.5. The number of H-pyrrole nitrogens is 1. The molecule has 1 N–H and O–H groups in total. The van der Waals surface area contributed by atoms with Gasteiger partial charge in [0.1, 0.15) is 0 Å². The molecule has 0 aliphatic heterocycles. The monoisotopic (exact) mass is 317 g/mol. The molecule has 8 nitrogen and oxygen atoms in total. The minimum Gasteiger partial charge on any atom is -0.383 e. The molecule has 0 spiro atoms. The first-order valence-corrected chi connectivity index (χ1v) is 7.61. The minimum atomic E-state index is -3.88. The summed E-state index contributed by atoms with van der Waals surface area (Å²) < 4.78 is 30.9. The highest BCUT2D eigenvalue weighted by Gasteiger charge is 2.27. The van der Waals surface area contributed by atoms with Crippen LogP contribution in [0.25, 0.3) is 0 Å². The second-order valence-electron chi connectivity index (χ2n) is 4.51. The van der Waals surface area contributed by atoms with E-state index in [0.717, 1.165) is 16.6 Å². The lowest BCUT2D eigenvalue weighted by Crippen LogP contribution is -2.41.